The summed E-state index contributed by atoms with van der Waals surface area (Å²) in [5.74, 6) is -0.306. The molecule has 0 aromatic rings. The van der Waals surface area contributed by atoms with Crippen LogP contribution in [0.1, 0.15) is 33.6 Å². The number of rotatable bonds is 1. The first-order valence-electron chi connectivity index (χ1n) is 4.40. The summed E-state index contributed by atoms with van der Waals surface area (Å²) in [6, 6.07) is 0. The molecule has 1 fully saturated rings. The van der Waals surface area contributed by atoms with Crippen molar-refractivity contribution >= 4 is 11.8 Å². The van der Waals surface area contributed by atoms with E-state index in [1.807, 2.05) is 20.8 Å². The van der Waals surface area contributed by atoms with E-state index in [2.05, 4.69) is 0 Å². The molecule has 0 bridgehead atoms. The van der Waals surface area contributed by atoms with Crippen LogP contribution < -0.4 is 0 Å². The number of hydrogen-bond donors (Lipinski definition) is 0. The number of hydroxylamine groups is 3. The Morgan fingerprint density at radius 3 is 1.85 bits per heavy atom. The predicted octanol–water partition coefficient (Wildman–Crippen LogP) is 1.01. The van der Waals surface area contributed by atoms with E-state index < -0.39 is 10.2 Å². The monoisotopic (exact) mass is 186 g/mol. The highest BCUT2D eigenvalue weighted by Crippen LogP contribution is 2.25. The zero-order chi connectivity index (χ0) is 10.3. The van der Waals surface area contributed by atoms with Crippen LogP contribution in [0.4, 0.5) is 0 Å². The van der Waals surface area contributed by atoms with Gasteiger partial charge in [-0.25, -0.2) is 9.59 Å². The quantitative estimate of drug-likeness (QED) is 0.453. The molecule has 1 aliphatic rings. The predicted molar refractivity (Wildman–Crippen MR) is 46.3 cm³/mol. The summed E-state index contributed by atoms with van der Waals surface area (Å²) >= 11 is 0. The van der Waals surface area contributed by atoms with Gasteiger partial charge >= 0.3 is 11.8 Å². The molecule has 0 aliphatic carbocycles. The Balaban J connectivity index is 2.86. The van der Waals surface area contributed by atoms with E-state index in [1.54, 1.807) is 0 Å². The van der Waals surface area contributed by atoms with Crippen LogP contribution in [0, 0.1) is 0 Å². The first-order valence-corrected chi connectivity index (χ1v) is 4.40. The van der Waals surface area contributed by atoms with E-state index >= 15 is 0 Å². The van der Waals surface area contributed by atoms with Crippen molar-refractivity contribution in [2.75, 3.05) is 7.05 Å². The van der Waals surface area contributed by atoms with Crippen molar-refractivity contribution in [2.24, 2.45) is 0 Å². The number of likely N-dealkylation sites (tertiary alicyclic amines) is 1. The third-order valence-electron chi connectivity index (χ3n) is 1.96. The lowest BCUT2D eigenvalue weighted by atomic mass is 10.2. The number of imide groups is 1. The Morgan fingerprint density at radius 2 is 1.54 bits per heavy atom. The molecule has 0 atom stereocenters. The maximum atomic E-state index is 11.4. The molecule has 1 rings (SSSR count). The Labute approximate surface area is 78.0 Å². The SMILES string of the molecule is CC(C)(C)O[N+]1(C)C(=O)CCC1=O. The smallest absolute Gasteiger partial charge is 0.227 e. The average molecular weight is 186 g/mol. The molecule has 0 N–H and O–H groups in total. The number of carbonyl (C=O) groups excluding carboxylic acids is 2. The highest BCUT2D eigenvalue weighted by molar-refractivity contribution is 5.90. The van der Waals surface area contributed by atoms with Crippen LogP contribution >= 0.6 is 0 Å². The van der Waals surface area contributed by atoms with Crippen LogP contribution in [0.25, 0.3) is 0 Å². The fourth-order valence-corrected chi connectivity index (χ4v) is 1.43. The van der Waals surface area contributed by atoms with Crippen LogP contribution in [0.3, 0.4) is 0 Å². The van der Waals surface area contributed by atoms with Crippen LogP contribution in [-0.4, -0.2) is 29.1 Å². The van der Waals surface area contributed by atoms with Gasteiger partial charge in [0.25, 0.3) is 0 Å². The second kappa shape index (κ2) is 2.89. The summed E-state index contributed by atoms with van der Waals surface area (Å²) in [6.45, 7) is 5.49. The number of quaternary nitrogens is 1. The number of hydrogen-bond acceptors (Lipinski definition) is 3. The Bertz CT molecular complexity index is 236. The van der Waals surface area contributed by atoms with Gasteiger partial charge in [-0.1, -0.05) is 4.65 Å². The van der Waals surface area contributed by atoms with E-state index in [1.165, 1.54) is 7.05 Å². The van der Waals surface area contributed by atoms with Gasteiger partial charge in [-0.05, 0) is 20.8 Å². The largest absolute Gasteiger partial charge is 0.353 e. The Morgan fingerprint density at radius 1 is 1.15 bits per heavy atom. The molecule has 0 aromatic heterocycles. The van der Waals surface area contributed by atoms with Crippen molar-refractivity contribution in [2.45, 2.75) is 39.2 Å². The van der Waals surface area contributed by atoms with Gasteiger partial charge in [0, 0.05) is 0 Å². The van der Waals surface area contributed by atoms with Crippen molar-refractivity contribution in [3.05, 3.63) is 0 Å². The molecule has 0 unspecified atom stereocenters. The highest BCUT2D eigenvalue weighted by atomic mass is 16.7. The molecular formula is C9H16NO3+. The summed E-state index contributed by atoms with van der Waals surface area (Å²) in [7, 11) is 1.52. The van der Waals surface area contributed by atoms with Crippen LogP contribution in [0.2, 0.25) is 0 Å². The minimum Gasteiger partial charge on any atom is -0.227 e. The lowest BCUT2D eigenvalue weighted by molar-refractivity contribution is -0.974. The van der Waals surface area contributed by atoms with E-state index in [0.717, 1.165) is 0 Å². The van der Waals surface area contributed by atoms with Gasteiger partial charge in [-0.15, -0.1) is 0 Å². The summed E-state index contributed by atoms with van der Waals surface area (Å²) in [5.41, 5.74) is -0.482. The standard InChI is InChI=1S/C9H16NO3/c1-9(2,3)13-10(4)7(11)5-6-8(10)12/h5-6H2,1-4H3/q+1. The molecule has 1 heterocycles. The highest BCUT2D eigenvalue weighted by Gasteiger charge is 2.50. The molecular weight excluding hydrogens is 170 g/mol. The van der Waals surface area contributed by atoms with Gasteiger partial charge in [-0.2, -0.15) is 4.84 Å². The molecule has 13 heavy (non-hydrogen) atoms. The van der Waals surface area contributed by atoms with Gasteiger partial charge in [-0.3, -0.25) is 0 Å². The second-order valence-electron chi connectivity index (χ2n) is 4.42. The molecule has 1 aliphatic heterocycles. The van der Waals surface area contributed by atoms with Gasteiger partial charge in [0.15, 0.2) is 0 Å². The first-order chi connectivity index (χ1) is 5.76. The zero-order valence-electron chi connectivity index (χ0n) is 8.59. The van der Waals surface area contributed by atoms with Crippen LogP contribution in [0.5, 0.6) is 0 Å². The second-order valence-corrected chi connectivity index (χ2v) is 4.42. The Kier molecular flexibility index (Phi) is 2.30. The fraction of sp³-hybridized carbons (Fsp3) is 0.778. The van der Waals surface area contributed by atoms with E-state index in [4.69, 9.17) is 4.84 Å². The van der Waals surface area contributed by atoms with Gasteiger partial charge in [0.2, 0.25) is 0 Å². The molecule has 4 heteroatoms. The van der Waals surface area contributed by atoms with Crippen molar-refractivity contribution in [1.29, 1.82) is 0 Å². The molecule has 0 saturated carbocycles. The van der Waals surface area contributed by atoms with Crippen molar-refractivity contribution in [1.82, 2.24) is 0 Å². The molecule has 74 valence electrons. The lowest BCUT2D eigenvalue weighted by Gasteiger charge is -2.28. The van der Waals surface area contributed by atoms with Gasteiger partial charge < -0.3 is 0 Å². The maximum Gasteiger partial charge on any atom is 0.353 e. The number of nitrogens with zero attached hydrogens (tertiary/aromatic N) is 1. The molecule has 4 nitrogen and oxygen atoms in total. The summed E-state index contributed by atoms with van der Waals surface area (Å²) < 4.78 is -0.497. The maximum absolute atomic E-state index is 11.4. The normalized spacial score (nSPS) is 22.5. The molecule has 2 amide bonds. The molecule has 0 aromatic carbocycles. The third-order valence-corrected chi connectivity index (χ3v) is 1.96. The van der Waals surface area contributed by atoms with Crippen molar-refractivity contribution in [3.63, 3.8) is 0 Å². The van der Waals surface area contributed by atoms with Crippen LogP contribution in [-0.2, 0) is 14.4 Å². The van der Waals surface area contributed by atoms with Crippen molar-refractivity contribution in [3.8, 4) is 0 Å². The number of amides is 2. The zero-order valence-corrected chi connectivity index (χ0v) is 8.59. The minimum atomic E-state index is -0.497. The topological polar surface area (TPSA) is 43.4 Å². The summed E-state index contributed by atoms with van der Waals surface area (Å²) in [5, 5.41) is 0. The Hall–Kier alpha value is -0.740. The van der Waals surface area contributed by atoms with E-state index in [9.17, 15) is 9.59 Å². The molecule has 0 spiro atoms. The average Bonchev–Trinajstić information content (AvgIpc) is 2.14. The van der Waals surface area contributed by atoms with E-state index in [-0.39, 0.29) is 11.8 Å². The van der Waals surface area contributed by atoms with Crippen LogP contribution in [0.15, 0.2) is 0 Å². The number of carbonyl (C=O) groups is 2. The summed E-state index contributed by atoms with van der Waals surface area (Å²) in [6.07, 6.45) is 0.594. The summed E-state index contributed by atoms with van der Waals surface area (Å²) in [4.78, 5) is 28.3. The molecule has 0 radical (unpaired) electrons. The third kappa shape index (κ3) is 1.95. The van der Waals surface area contributed by atoms with E-state index in [0.29, 0.717) is 12.8 Å². The van der Waals surface area contributed by atoms with Gasteiger partial charge in [0.05, 0.1) is 12.8 Å². The minimum absolute atomic E-state index is 0.153. The molecule has 1 saturated heterocycles. The van der Waals surface area contributed by atoms with Crippen molar-refractivity contribution < 1.29 is 19.1 Å². The van der Waals surface area contributed by atoms with Gasteiger partial charge in [0.1, 0.15) is 12.6 Å². The lowest BCUT2D eigenvalue weighted by Crippen LogP contribution is -2.52. The fourth-order valence-electron chi connectivity index (χ4n) is 1.43. The first kappa shape index (κ1) is 10.3.